The maximum Gasteiger partial charge on any atom is 0.244 e. The minimum absolute atomic E-state index is 0.100. The summed E-state index contributed by atoms with van der Waals surface area (Å²) in [4.78, 5) is 26.4. The minimum Gasteiger partial charge on any atom is -0.493 e. The number of fused-ring (bicyclic) bond motifs is 1. The van der Waals surface area contributed by atoms with Gasteiger partial charge in [0.1, 0.15) is 11.1 Å². The van der Waals surface area contributed by atoms with Crippen molar-refractivity contribution >= 4 is 46.0 Å². The molecule has 0 aliphatic heterocycles. The van der Waals surface area contributed by atoms with Crippen molar-refractivity contribution < 1.29 is 19.1 Å². The van der Waals surface area contributed by atoms with E-state index >= 15 is 0 Å². The largest absolute Gasteiger partial charge is 0.493 e. The zero-order valence-electron chi connectivity index (χ0n) is 22.4. The highest BCUT2D eigenvalue weighted by Crippen LogP contribution is 2.37. The van der Waals surface area contributed by atoms with Gasteiger partial charge in [0.05, 0.1) is 32.1 Å². The van der Waals surface area contributed by atoms with Gasteiger partial charge in [-0.1, -0.05) is 23.9 Å². The van der Waals surface area contributed by atoms with Crippen LogP contribution < -0.4 is 20.1 Å². The van der Waals surface area contributed by atoms with Gasteiger partial charge >= 0.3 is 0 Å². The molecule has 12 heteroatoms. The number of aromatic nitrogens is 3. The number of hydrogen-bond acceptors (Lipinski definition) is 9. The normalized spacial score (nSPS) is 12.4. The van der Waals surface area contributed by atoms with Gasteiger partial charge in [-0.05, 0) is 55.0 Å². The van der Waals surface area contributed by atoms with Gasteiger partial charge in [-0.2, -0.15) is 5.26 Å². The molecule has 0 atom stereocenters. The molecule has 208 valence electrons. The summed E-state index contributed by atoms with van der Waals surface area (Å²) in [6.07, 6.45) is 8.81. The molecular formula is C28H30N6O4S2. The first kappa shape index (κ1) is 28.9. The highest BCUT2D eigenvalue weighted by molar-refractivity contribution is 7.99. The fraction of sp³-hybridized carbons (Fsp3) is 0.321. The number of rotatable bonds is 12. The van der Waals surface area contributed by atoms with Crippen LogP contribution in [0.25, 0.3) is 6.08 Å². The molecule has 3 aromatic rings. The Morgan fingerprint density at radius 2 is 2.02 bits per heavy atom. The first-order chi connectivity index (χ1) is 19.5. The molecule has 10 nitrogen and oxygen atoms in total. The van der Waals surface area contributed by atoms with E-state index in [9.17, 15) is 14.9 Å². The predicted octanol–water partition coefficient (Wildman–Crippen LogP) is 4.35. The number of methoxy groups -OCH3 is 2. The Bertz CT molecular complexity index is 1470. The monoisotopic (exact) mass is 578 g/mol. The Morgan fingerprint density at radius 3 is 2.77 bits per heavy atom. The van der Waals surface area contributed by atoms with Gasteiger partial charge in [-0.25, -0.2) is 0 Å². The summed E-state index contributed by atoms with van der Waals surface area (Å²) in [7, 11) is 3.11. The number of carbonyl (C=O) groups excluding carboxylic acids is 2. The summed E-state index contributed by atoms with van der Waals surface area (Å²) in [6.45, 7) is 4.36. The van der Waals surface area contributed by atoms with Gasteiger partial charge in [0.15, 0.2) is 22.5 Å². The number of thioether (sulfide) groups is 1. The average Bonchev–Trinajstić information content (AvgIpc) is 3.53. The van der Waals surface area contributed by atoms with Crippen LogP contribution in [-0.4, -0.2) is 46.6 Å². The number of nitrogens with one attached hydrogen (secondary N) is 2. The lowest BCUT2D eigenvalue weighted by atomic mass is 9.96. The Kier molecular flexibility index (Phi) is 9.99. The number of ether oxygens (including phenoxy) is 2. The lowest BCUT2D eigenvalue weighted by Gasteiger charge is -2.09. The van der Waals surface area contributed by atoms with Crippen molar-refractivity contribution in [1.29, 1.82) is 5.26 Å². The summed E-state index contributed by atoms with van der Waals surface area (Å²) in [5.41, 5.74) is 2.45. The van der Waals surface area contributed by atoms with Gasteiger partial charge in [-0.15, -0.1) is 28.1 Å². The number of anilines is 1. The van der Waals surface area contributed by atoms with Crippen molar-refractivity contribution in [2.45, 2.75) is 43.9 Å². The van der Waals surface area contributed by atoms with Crippen molar-refractivity contribution in [3.05, 3.63) is 64.3 Å². The Morgan fingerprint density at radius 1 is 1.23 bits per heavy atom. The van der Waals surface area contributed by atoms with Crippen LogP contribution in [0.5, 0.6) is 11.5 Å². The molecule has 0 bridgehead atoms. The van der Waals surface area contributed by atoms with Gasteiger partial charge < -0.3 is 24.7 Å². The van der Waals surface area contributed by atoms with Gasteiger partial charge in [0, 0.05) is 17.5 Å². The molecule has 1 aliphatic carbocycles. The van der Waals surface area contributed by atoms with Gasteiger partial charge in [-0.3, -0.25) is 9.59 Å². The van der Waals surface area contributed by atoms with Crippen LogP contribution in [0.15, 0.2) is 42.1 Å². The number of aryl methyl sites for hydroxylation is 1. The third kappa shape index (κ3) is 6.91. The quantitative estimate of drug-likeness (QED) is 0.184. The van der Waals surface area contributed by atoms with E-state index in [4.69, 9.17) is 9.47 Å². The third-order valence-corrected chi connectivity index (χ3v) is 8.40. The molecule has 0 saturated carbocycles. The molecule has 2 N–H and O–H groups in total. The fourth-order valence-corrected chi connectivity index (χ4v) is 6.31. The van der Waals surface area contributed by atoms with Crippen LogP contribution in [0, 0.1) is 11.3 Å². The maximum atomic E-state index is 12.7. The summed E-state index contributed by atoms with van der Waals surface area (Å²) in [5, 5.41) is 24.9. The van der Waals surface area contributed by atoms with E-state index in [1.54, 1.807) is 43.1 Å². The third-order valence-electron chi connectivity index (χ3n) is 6.23. The second-order valence-corrected chi connectivity index (χ2v) is 10.9. The van der Waals surface area contributed by atoms with Gasteiger partial charge in [0.25, 0.3) is 0 Å². The second kappa shape index (κ2) is 13.8. The van der Waals surface area contributed by atoms with Gasteiger partial charge in [0.2, 0.25) is 11.8 Å². The standard InChI is InChI=1S/C28H30N6O4S2/c1-4-13-34-24(16-30-25(35)12-10-18-9-11-21(37-2)22(14-18)38-3)32-33-28(34)39-17-26(36)31-27-20(15-29)19-7-5-6-8-23(19)40-27/h4,9-12,14H,1,5-8,13,16-17H2,2-3H3,(H,30,35)(H,31,36). The van der Waals surface area contributed by atoms with Crippen LogP contribution in [0.1, 0.15) is 40.2 Å². The first-order valence-electron chi connectivity index (χ1n) is 12.7. The number of hydrogen-bond donors (Lipinski definition) is 2. The topological polar surface area (TPSA) is 131 Å². The van der Waals surface area contributed by atoms with E-state index in [-0.39, 0.29) is 24.1 Å². The predicted molar refractivity (Wildman–Crippen MR) is 156 cm³/mol. The van der Waals surface area contributed by atoms with Crippen molar-refractivity contribution in [2.75, 3.05) is 25.3 Å². The number of benzene rings is 1. The maximum absolute atomic E-state index is 12.7. The molecule has 0 saturated heterocycles. The summed E-state index contributed by atoms with van der Waals surface area (Å²) in [6, 6.07) is 7.63. The van der Waals surface area contributed by atoms with Crippen molar-refractivity contribution in [2.24, 2.45) is 0 Å². The highest BCUT2D eigenvalue weighted by Gasteiger charge is 2.22. The van der Waals surface area contributed by atoms with E-state index < -0.39 is 0 Å². The molecule has 2 heterocycles. The SMILES string of the molecule is C=CCn1c(CNC(=O)C=Cc2ccc(OC)c(OC)c2)nnc1SCC(=O)Nc1sc2c(c1C#N)CCCC2. The summed E-state index contributed by atoms with van der Waals surface area (Å²) >= 11 is 2.73. The summed E-state index contributed by atoms with van der Waals surface area (Å²) in [5.74, 6) is 1.29. The fourth-order valence-electron chi connectivity index (χ4n) is 4.29. The molecule has 2 aromatic heterocycles. The molecule has 0 spiro atoms. The first-order valence-corrected chi connectivity index (χ1v) is 14.5. The van der Waals surface area contributed by atoms with E-state index in [2.05, 4.69) is 33.5 Å². The molecule has 0 unspecified atom stereocenters. The van der Waals surface area contributed by atoms with Crippen LogP contribution in [0.3, 0.4) is 0 Å². The van der Waals surface area contributed by atoms with Crippen LogP contribution >= 0.6 is 23.1 Å². The summed E-state index contributed by atoms with van der Waals surface area (Å²) < 4.78 is 12.3. The van der Waals surface area contributed by atoms with E-state index in [1.165, 1.54) is 34.1 Å². The number of nitriles is 1. The van der Waals surface area contributed by atoms with Crippen molar-refractivity contribution in [3.63, 3.8) is 0 Å². The van der Waals surface area contributed by atoms with Crippen molar-refractivity contribution in [3.8, 4) is 17.6 Å². The van der Waals surface area contributed by atoms with Crippen LogP contribution in [0.4, 0.5) is 5.00 Å². The Balaban J connectivity index is 1.34. The molecule has 0 fully saturated rings. The smallest absolute Gasteiger partial charge is 0.244 e. The zero-order valence-corrected chi connectivity index (χ0v) is 24.0. The molecule has 40 heavy (non-hydrogen) atoms. The lowest BCUT2D eigenvalue weighted by molar-refractivity contribution is -0.116. The van der Waals surface area contributed by atoms with Crippen molar-refractivity contribution in [1.82, 2.24) is 20.1 Å². The van der Waals surface area contributed by atoms with E-state index in [1.807, 2.05) is 6.07 Å². The Hall–Kier alpha value is -4.08. The molecule has 0 radical (unpaired) electrons. The number of thiophene rings is 1. The molecular weight excluding hydrogens is 548 g/mol. The van der Waals surface area contributed by atoms with E-state index in [0.29, 0.717) is 39.6 Å². The van der Waals surface area contributed by atoms with Crippen LogP contribution in [-0.2, 0) is 35.5 Å². The molecule has 1 aromatic carbocycles. The average molecular weight is 579 g/mol. The number of amides is 2. The Labute approximate surface area is 241 Å². The number of allylic oxidation sites excluding steroid dienone is 1. The number of carbonyl (C=O) groups is 2. The molecule has 2 amide bonds. The second-order valence-electron chi connectivity index (χ2n) is 8.83. The lowest BCUT2D eigenvalue weighted by Crippen LogP contribution is -2.23. The zero-order chi connectivity index (χ0) is 28.5. The molecule has 4 rings (SSSR count). The molecule has 1 aliphatic rings. The minimum atomic E-state index is -0.302. The van der Waals surface area contributed by atoms with E-state index in [0.717, 1.165) is 36.8 Å². The van der Waals surface area contributed by atoms with Crippen LogP contribution in [0.2, 0.25) is 0 Å². The highest BCUT2D eigenvalue weighted by atomic mass is 32.2. The number of nitrogens with zero attached hydrogens (tertiary/aromatic N) is 4.